The predicted molar refractivity (Wildman–Crippen MR) is 46.1 cm³/mol. The monoisotopic (exact) mass is 178 g/mol. The summed E-state index contributed by atoms with van der Waals surface area (Å²) in [5.74, 6) is 0.408. The predicted octanol–water partition coefficient (Wildman–Crippen LogP) is 0.713. The molecule has 0 aliphatic heterocycles. The van der Waals surface area contributed by atoms with Crippen LogP contribution in [0.1, 0.15) is 12.6 Å². The Balaban J connectivity index is 2.71. The number of aromatic nitrogens is 1. The van der Waals surface area contributed by atoms with Crippen molar-refractivity contribution >= 4 is 0 Å². The summed E-state index contributed by atoms with van der Waals surface area (Å²) in [6.07, 6.45) is 0.972. The Labute approximate surface area is 76.4 Å². The van der Waals surface area contributed by atoms with Crippen molar-refractivity contribution in [2.24, 2.45) is 0 Å². The standard InChI is InChI=1S/C9H10N2O2/c1-7(12)6-13-9-3-2-4-11-8(9)5-10/h2-4,7,12H,6H2,1H3. The number of nitrogens with zero attached hydrogens (tertiary/aromatic N) is 2. The Kier molecular flexibility index (Phi) is 3.23. The maximum Gasteiger partial charge on any atom is 0.182 e. The number of aliphatic hydroxyl groups excluding tert-OH is 1. The van der Waals surface area contributed by atoms with E-state index in [-0.39, 0.29) is 12.3 Å². The van der Waals surface area contributed by atoms with Gasteiger partial charge in [0.2, 0.25) is 0 Å². The van der Waals surface area contributed by atoms with Gasteiger partial charge in [0.05, 0.1) is 6.10 Å². The highest BCUT2D eigenvalue weighted by Crippen LogP contribution is 2.13. The summed E-state index contributed by atoms with van der Waals surface area (Å²) in [6.45, 7) is 1.78. The summed E-state index contributed by atoms with van der Waals surface area (Å²) in [5.41, 5.74) is 0.239. The van der Waals surface area contributed by atoms with Crippen LogP contribution in [0.15, 0.2) is 18.3 Å². The average molecular weight is 178 g/mol. The van der Waals surface area contributed by atoms with Crippen molar-refractivity contribution in [1.82, 2.24) is 4.98 Å². The van der Waals surface area contributed by atoms with E-state index in [9.17, 15) is 0 Å². The largest absolute Gasteiger partial charge is 0.488 e. The molecule has 0 fully saturated rings. The van der Waals surface area contributed by atoms with Gasteiger partial charge in [-0.2, -0.15) is 5.26 Å². The van der Waals surface area contributed by atoms with Crippen LogP contribution in [-0.2, 0) is 0 Å². The van der Waals surface area contributed by atoms with Gasteiger partial charge in [-0.15, -0.1) is 0 Å². The highest BCUT2D eigenvalue weighted by molar-refractivity contribution is 5.36. The Hall–Kier alpha value is -1.60. The van der Waals surface area contributed by atoms with Crippen LogP contribution in [0.3, 0.4) is 0 Å². The zero-order valence-corrected chi connectivity index (χ0v) is 7.27. The first-order chi connectivity index (χ1) is 6.24. The van der Waals surface area contributed by atoms with Crippen molar-refractivity contribution in [2.45, 2.75) is 13.0 Å². The smallest absolute Gasteiger partial charge is 0.182 e. The second kappa shape index (κ2) is 4.43. The molecule has 0 saturated heterocycles. The molecule has 1 heterocycles. The Morgan fingerprint density at radius 3 is 3.15 bits per heavy atom. The molecule has 0 aliphatic carbocycles. The van der Waals surface area contributed by atoms with Gasteiger partial charge in [-0.1, -0.05) is 0 Å². The van der Waals surface area contributed by atoms with Gasteiger partial charge in [-0.25, -0.2) is 4.98 Å². The van der Waals surface area contributed by atoms with Crippen molar-refractivity contribution in [3.05, 3.63) is 24.0 Å². The lowest BCUT2D eigenvalue weighted by atomic mass is 10.3. The normalized spacial score (nSPS) is 11.8. The summed E-state index contributed by atoms with van der Waals surface area (Å²) in [5, 5.41) is 17.6. The van der Waals surface area contributed by atoms with Gasteiger partial charge in [0.1, 0.15) is 12.7 Å². The fourth-order valence-electron chi connectivity index (χ4n) is 0.801. The molecule has 68 valence electrons. The summed E-state index contributed by atoms with van der Waals surface area (Å²) in [6, 6.07) is 5.23. The van der Waals surface area contributed by atoms with Crippen molar-refractivity contribution < 1.29 is 9.84 Å². The zero-order chi connectivity index (χ0) is 9.68. The van der Waals surface area contributed by atoms with Crippen LogP contribution in [0.2, 0.25) is 0 Å². The second-order valence-corrected chi connectivity index (χ2v) is 2.62. The van der Waals surface area contributed by atoms with Crippen LogP contribution in [0, 0.1) is 11.3 Å². The molecule has 13 heavy (non-hydrogen) atoms. The van der Waals surface area contributed by atoms with Gasteiger partial charge in [-0.3, -0.25) is 0 Å². The number of hydrogen-bond donors (Lipinski definition) is 1. The summed E-state index contributed by atoms with van der Waals surface area (Å²) < 4.78 is 5.15. The van der Waals surface area contributed by atoms with Crippen LogP contribution < -0.4 is 4.74 Å². The number of rotatable bonds is 3. The van der Waals surface area contributed by atoms with Crippen LogP contribution in [0.4, 0.5) is 0 Å². The van der Waals surface area contributed by atoms with E-state index in [1.54, 1.807) is 19.1 Å². The minimum absolute atomic E-state index is 0.167. The summed E-state index contributed by atoms with van der Waals surface area (Å²) >= 11 is 0. The minimum Gasteiger partial charge on any atom is -0.488 e. The van der Waals surface area contributed by atoms with E-state index in [0.29, 0.717) is 5.75 Å². The third kappa shape index (κ3) is 2.73. The molecule has 0 radical (unpaired) electrons. The number of pyridine rings is 1. The van der Waals surface area contributed by atoms with Crippen molar-refractivity contribution in [3.63, 3.8) is 0 Å². The van der Waals surface area contributed by atoms with E-state index in [1.165, 1.54) is 6.20 Å². The van der Waals surface area contributed by atoms with Gasteiger partial charge in [0, 0.05) is 6.20 Å². The minimum atomic E-state index is -0.549. The van der Waals surface area contributed by atoms with Gasteiger partial charge < -0.3 is 9.84 Å². The first-order valence-electron chi connectivity index (χ1n) is 3.90. The lowest BCUT2D eigenvalue weighted by molar-refractivity contribution is 0.122. The average Bonchev–Trinajstić information content (AvgIpc) is 2.15. The number of aliphatic hydroxyl groups is 1. The fourth-order valence-corrected chi connectivity index (χ4v) is 0.801. The van der Waals surface area contributed by atoms with E-state index in [2.05, 4.69) is 4.98 Å². The third-order valence-corrected chi connectivity index (χ3v) is 1.36. The Morgan fingerprint density at radius 1 is 1.77 bits per heavy atom. The van der Waals surface area contributed by atoms with Crippen LogP contribution in [-0.4, -0.2) is 22.8 Å². The van der Waals surface area contributed by atoms with Gasteiger partial charge >= 0.3 is 0 Å². The highest BCUT2D eigenvalue weighted by Gasteiger charge is 2.04. The molecule has 1 rings (SSSR count). The topological polar surface area (TPSA) is 66.1 Å². The molecule has 1 atom stereocenters. The maximum absolute atomic E-state index is 8.95. The Bertz CT molecular complexity index is 318. The number of hydrogen-bond acceptors (Lipinski definition) is 4. The van der Waals surface area contributed by atoms with E-state index in [1.807, 2.05) is 6.07 Å². The van der Waals surface area contributed by atoms with Gasteiger partial charge in [0.15, 0.2) is 11.4 Å². The SMILES string of the molecule is CC(O)COc1cccnc1C#N. The maximum atomic E-state index is 8.95. The molecule has 4 nitrogen and oxygen atoms in total. The van der Waals surface area contributed by atoms with Crippen LogP contribution >= 0.6 is 0 Å². The highest BCUT2D eigenvalue weighted by atomic mass is 16.5. The third-order valence-electron chi connectivity index (χ3n) is 1.36. The molecule has 4 heteroatoms. The summed E-state index contributed by atoms with van der Waals surface area (Å²) in [4.78, 5) is 3.81. The lowest BCUT2D eigenvalue weighted by Crippen LogP contribution is -2.13. The fraction of sp³-hybridized carbons (Fsp3) is 0.333. The lowest BCUT2D eigenvalue weighted by Gasteiger charge is -2.07. The van der Waals surface area contributed by atoms with E-state index in [0.717, 1.165) is 0 Å². The quantitative estimate of drug-likeness (QED) is 0.740. The van der Waals surface area contributed by atoms with Crippen molar-refractivity contribution in [2.75, 3.05) is 6.61 Å². The molecule has 0 spiro atoms. The summed E-state index contributed by atoms with van der Waals surface area (Å²) in [7, 11) is 0. The molecule has 0 amide bonds. The molecule has 0 bridgehead atoms. The molecule has 1 N–H and O–H groups in total. The number of ether oxygens (including phenoxy) is 1. The molecule has 0 aliphatic rings. The molecule has 1 aromatic rings. The van der Waals surface area contributed by atoms with E-state index in [4.69, 9.17) is 15.1 Å². The molecule has 0 saturated carbocycles. The van der Waals surface area contributed by atoms with Gasteiger partial charge in [-0.05, 0) is 19.1 Å². The zero-order valence-electron chi connectivity index (χ0n) is 7.27. The molecular formula is C9H10N2O2. The molecule has 1 unspecified atom stereocenters. The van der Waals surface area contributed by atoms with Crippen molar-refractivity contribution in [1.29, 1.82) is 5.26 Å². The first kappa shape index (κ1) is 9.49. The first-order valence-corrected chi connectivity index (χ1v) is 3.90. The van der Waals surface area contributed by atoms with E-state index < -0.39 is 6.10 Å². The van der Waals surface area contributed by atoms with Crippen molar-refractivity contribution in [3.8, 4) is 11.8 Å². The second-order valence-electron chi connectivity index (χ2n) is 2.62. The molecular weight excluding hydrogens is 168 g/mol. The Morgan fingerprint density at radius 2 is 2.54 bits per heavy atom. The molecule has 0 aromatic carbocycles. The van der Waals surface area contributed by atoms with Crippen LogP contribution in [0.5, 0.6) is 5.75 Å². The molecule has 1 aromatic heterocycles. The van der Waals surface area contributed by atoms with E-state index >= 15 is 0 Å². The van der Waals surface area contributed by atoms with Gasteiger partial charge in [0.25, 0.3) is 0 Å². The number of nitriles is 1. The van der Waals surface area contributed by atoms with Crippen LogP contribution in [0.25, 0.3) is 0 Å².